The number of nitrogens with zero attached hydrogens (tertiary/aromatic N) is 4. The average Bonchev–Trinajstić information content (AvgIpc) is 2.48. The van der Waals surface area contributed by atoms with E-state index in [0.29, 0.717) is 12.5 Å². The van der Waals surface area contributed by atoms with Crippen molar-refractivity contribution in [3.05, 3.63) is 12.1 Å². The summed E-state index contributed by atoms with van der Waals surface area (Å²) in [6.45, 7) is 9.45. The number of aromatic nitrogens is 2. The standard InChI is InChI=1S/C14H22N4O2/c1-4-20-13-6-5-12(15-16-13)17-7-9-18(10-8-17)14(19)11(2)3/h5-6,11H,4,7-10H2,1-3H3. The molecule has 20 heavy (non-hydrogen) atoms. The Bertz CT molecular complexity index is 439. The number of anilines is 1. The van der Waals surface area contributed by atoms with Crippen LogP contribution in [0.1, 0.15) is 20.8 Å². The summed E-state index contributed by atoms with van der Waals surface area (Å²) < 4.78 is 5.28. The molecule has 0 N–H and O–H groups in total. The predicted octanol–water partition coefficient (Wildman–Crippen LogP) is 1.18. The lowest BCUT2D eigenvalue weighted by Gasteiger charge is -2.36. The molecule has 0 bridgehead atoms. The maximum Gasteiger partial charge on any atom is 0.233 e. The Labute approximate surface area is 119 Å². The number of carbonyl (C=O) groups is 1. The van der Waals surface area contributed by atoms with Crippen LogP contribution in [0.3, 0.4) is 0 Å². The number of hydrogen-bond donors (Lipinski definition) is 0. The highest BCUT2D eigenvalue weighted by Crippen LogP contribution is 2.16. The Morgan fingerprint density at radius 3 is 2.45 bits per heavy atom. The van der Waals surface area contributed by atoms with Crippen molar-refractivity contribution in [1.29, 1.82) is 0 Å². The van der Waals surface area contributed by atoms with Gasteiger partial charge in [0.2, 0.25) is 11.8 Å². The molecule has 0 aromatic carbocycles. The van der Waals surface area contributed by atoms with Gasteiger partial charge in [-0.1, -0.05) is 13.8 Å². The van der Waals surface area contributed by atoms with Crippen molar-refractivity contribution >= 4 is 11.7 Å². The maximum absolute atomic E-state index is 11.9. The van der Waals surface area contributed by atoms with E-state index in [-0.39, 0.29) is 11.8 Å². The van der Waals surface area contributed by atoms with Gasteiger partial charge in [-0.25, -0.2) is 0 Å². The Morgan fingerprint density at radius 1 is 1.25 bits per heavy atom. The van der Waals surface area contributed by atoms with Crippen LogP contribution < -0.4 is 9.64 Å². The van der Waals surface area contributed by atoms with Gasteiger partial charge in [-0.2, -0.15) is 0 Å². The van der Waals surface area contributed by atoms with Gasteiger partial charge in [-0.15, -0.1) is 10.2 Å². The second-order valence-corrected chi connectivity index (χ2v) is 5.13. The van der Waals surface area contributed by atoms with Gasteiger partial charge in [0.25, 0.3) is 0 Å². The van der Waals surface area contributed by atoms with Gasteiger partial charge < -0.3 is 14.5 Å². The molecule has 1 aliphatic heterocycles. The van der Waals surface area contributed by atoms with E-state index >= 15 is 0 Å². The van der Waals surface area contributed by atoms with Gasteiger partial charge in [0.05, 0.1) is 6.61 Å². The molecule has 0 aliphatic carbocycles. The number of piperazine rings is 1. The second-order valence-electron chi connectivity index (χ2n) is 5.13. The summed E-state index contributed by atoms with van der Waals surface area (Å²) >= 11 is 0. The molecule has 0 spiro atoms. The molecule has 0 saturated carbocycles. The van der Waals surface area contributed by atoms with E-state index in [9.17, 15) is 4.79 Å². The summed E-state index contributed by atoms with van der Waals surface area (Å²) in [6, 6.07) is 3.75. The molecular formula is C14H22N4O2. The first kappa shape index (κ1) is 14.6. The zero-order chi connectivity index (χ0) is 14.5. The molecule has 2 rings (SSSR count). The van der Waals surface area contributed by atoms with Crippen LogP contribution in [-0.2, 0) is 4.79 Å². The Hall–Kier alpha value is -1.85. The van der Waals surface area contributed by atoms with Gasteiger partial charge in [-0.05, 0) is 13.0 Å². The van der Waals surface area contributed by atoms with E-state index in [0.717, 1.165) is 32.0 Å². The molecule has 1 saturated heterocycles. The Balaban J connectivity index is 1.91. The van der Waals surface area contributed by atoms with E-state index in [1.54, 1.807) is 0 Å². The molecular weight excluding hydrogens is 256 g/mol. The van der Waals surface area contributed by atoms with Gasteiger partial charge in [0.1, 0.15) is 0 Å². The first-order valence-corrected chi connectivity index (χ1v) is 7.12. The number of amides is 1. The van der Waals surface area contributed by atoms with Gasteiger partial charge in [0.15, 0.2) is 5.82 Å². The molecule has 1 aliphatic rings. The van der Waals surface area contributed by atoms with Crippen molar-refractivity contribution in [3.8, 4) is 5.88 Å². The fourth-order valence-corrected chi connectivity index (χ4v) is 2.23. The highest BCUT2D eigenvalue weighted by molar-refractivity contribution is 5.78. The summed E-state index contributed by atoms with van der Waals surface area (Å²) in [5.41, 5.74) is 0. The number of carbonyl (C=O) groups excluding carboxylic acids is 1. The summed E-state index contributed by atoms with van der Waals surface area (Å²) in [7, 11) is 0. The van der Waals surface area contributed by atoms with Crippen molar-refractivity contribution in [2.45, 2.75) is 20.8 Å². The van der Waals surface area contributed by atoms with Crippen LogP contribution in [0.4, 0.5) is 5.82 Å². The molecule has 110 valence electrons. The van der Waals surface area contributed by atoms with E-state index in [1.165, 1.54) is 0 Å². The normalized spacial score (nSPS) is 15.6. The van der Waals surface area contributed by atoms with Crippen LogP contribution in [0.5, 0.6) is 5.88 Å². The van der Waals surface area contributed by atoms with E-state index in [1.807, 2.05) is 37.8 Å². The largest absolute Gasteiger partial charge is 0.477 e. The molecule has 1 aromatic rings. The van der Waals surface area contributed by atoms with Crippen molar-refractivity contribution in [2.75, 3.05) is 37.7 Å². The summed E-state index contributed by atoms with van der Waals surface area (Å²) in [6.07, 6.45) is 0. The van der Waals surface area contributed by atoms with Crippen molar-refractivity contribution in [1.82, 2.24) is 15.1 Å². The lowest BCUT2D eigenvalue weighted by molar-refractivity contribution is -0.134. The highest BCUT2D eigenvalue weighted by atomic mass is 16.5. The molecule has 0 radical (unpaired) electrons. The predicted molar refractivity (Wildman–Crippen MR) is 76.8 cm³/mol. The fourth-order valence-electron chi connectivity index (χ4n) is 2.23. The Morgan fingerprint density at radius 2 is 1.95 bits per heavy atom. The van der Waals surface area contributed by atoms with Crippen LogP contribution in [0.15, 0.2) is 12.1 Å². The average molecular weight is 278 g/mol. The van der Waals surface area contributed by atoms with Gasteiger partial charge in [0, 0.05) is 38.2 Å². The highest BCUT2D eigenvalue weighted by Gasteiger charge is 2.23. The molecule has 1 amide bonds. The quantitative estimate of drug-likeness (QED) is 0.827. The fraction of sp³-hybridized carbons (Fsp3) is 0.643. The zero-order valence-corrected chi connectivity index (χ0v) is 12.4. The first-order chi connectivity index (χ1) is 9.61. The summed E-state index contributed by atoms with van der Waals surface area (Å²) in [4.78, 5) is 16.0. The summed E-state index contributed by atoms with van der Waals surface area (Å²) in [5.74, 6) is 1.67. The van der Waals surface area contributed by atoms with E-state index < -0.39 is 0 Å². The topological polar surface area (TPSA) is 58.6 Å². The minimum Gasteiger partial charge on any atom is -0.477 e. The third-order valence-corrected chi connectivity index (χ3v) is 3.33. The number of ether oxygens (including phenoxy) is 1. The number of hydrogen-bond acceptors (Lipinski definition) is 5. The van der Waals surface area contributed by atoms with E-state index in [2.05, 4.69) is 15.1 Å². The molecule has 6 nitrogen and oxygen atoms in total. The van der Waals surface area contributed by atoms with Crippen molar-refractivity contribution in [3.63, 3.8) is 0 Å². The van der Waals surface area contributed by atoms with Crippen LogP contribution in [-0.4, -0.2) is 53.8 Å². The van der Waals surface area contributed by atoms with Gasteiger partial charge >= 0.3 is 0 Å². The smallest absolute Gasteiger partial charge is 0.233 e. The van der Waals surface area contributed by atoms with Crippen LogP contribution in [0, 0.1) is 5.92 Å². The molecule has 0 atom stereocenters. The minimum atomic E-state index is 0.0619. The van der Waals surface area contributed by atoms with Crippen molar-refractivity contribution in [2.24, 2.45) is 5.92 Å². The number of rotatable bonds is 4. The molecule has 2 heterocycles. The molecule has 1 aromatic heterocycles. The van der Waals surface area contributed by atoms with Crippen LogP contribution in [0.2, 0.25) is 0 Å². The second kappa shape index (κ2) is 6.54. The monoisotopic (exact) mass is 278 g/mol. The SMILES string of the molecule is CCOc1ccc(N2CCN(C(=O)C(C)C)CC2)nn1. The van der Waals surface area contributed by atoms with E-state index in [4.69, 9.17) is 4.74 Å². The Kier molecular flexibility index (Phi) is 4.76. The molecule has 1 fully saturated rings. The maximum atomic E-state index is 11.9. The van der Waals surface area contributed by atoms with Crippen molar-refractivity contribution < 1.29 is 9.53 Å². The third kappa shape index (κ3) is 3.37. The first-order valence-electron chi connectivity index (χ1n) is 7.12. The zero-order valence-electron chi connectivity index (χ0n) is 12.4. The third-order valence-electron chi connectivity index (χ3n) is 3.33. The molecule has 6 heteroatoms. The summed E-state index contributed by atoms with van der Waals surface area (Å²) in [5, 5.41) is 8.21. The molecule has 0 unspecified atom stereocenters. The lowest BCUT2D eigenvalue weighted by Crippen LogP contribution is -2.50. The van der Waals surface area contributed by atoms with Crippen LogP contribution in [0.25, 0.3) is 0 Å². The van der Waals surface area contributed by atoms with Crippen LogP contribution >= 0.6 is 0 Å². The lowest BCUT2D eigenvalue weighted by atomic mass is 10.1. The van der Waals surface area contributed by atoms with Gasteiger partial charge in [-0.3, -0.25) is 4.79 Å². The minimum absolute atomic E-state index is 0.0619.